The molecule has 1 aliphatic rings. The zero-order valence-electron chi connectivity index (χ0n) is 24.2. The van der Waals surface area contributed by atoms with Crippen LogP contribution in [0.25, 0.3) is 6.08 Å². The molecule has 37 heavy (non-hydrogen) atoms. The van der Waals surface area contributed by atoms with Crippen molar-refractivity contribution >= 4 is 26.1 Å². The van der Waals surface area contributed by atoms with Crippen LogP contribution >= 0.6 is 0 Å². The molecule has 1 saturated carbocycles. The van der Waals surface area contributed by atoms with Crippen LogP contribution in [-0.4, -0.2) is 39.4 Å². The fraction of sp³-hybridized carbons (Fsp3) is 0.613. The van der Waals surface area contributed by atoms with Crippen molar-refractivity contribution in [2.75, 3.05) is 7.11 Å². The van der Waals surface area contributed by atoms with Crippen molar-refractivity contribution in [3.05, 3.63) is 48.1 Å². The maximum absolute atomic E-state index is 12.8. The molecule has 0 bridgehead atoms. The Kier molecular flexibility index (Phi) is 11.8. The molecule has 3 atom stereocenters. The molecule has 2 rings (SSSR count). The number of methoxy groups -OCH3 is 1. The monoisotopic (exact) mass is 528 g/mol. The lowest BCUT2D eigenvalue weighted by atomic mass is 9.74. The van der Waals surface area contributed by atoms with E-state index in [0.717, 1.165) is 30.6 Å². The van der Waals surface area contributed by atoms with E-state index in [4.69, 9.17) is 13.9 Å². The number of carbonyl (C=O) groups is 2. The summed E-state index contributed by atoms with van der Waals surface area (Å²) in [5.74, 6) is 1.29. The van der Waals surface area contributed by atoms with Gasteiger partial charge in [-0.25, -0.2) is 0 Å². The lowest BCUT2D eigenvalue weighted by Gasteiger charge is -2.44. The zero-order valence-corrected chi connectivity index (χ0v) is 25.2. The van der Waals surface area contributed by atoms with Crippen molar-refractivity contribution in [2.45, 2.75) is 103 Å². The van der Waals surface area contributed by atoms with Gasteiger partial charge in [0.15, 0.2) is 8.32 Å². The Hall–Kier alpha value is -2.18. The second kappa shape index (κ2) is 14.1. The van der Waals surface area contributed by atoms with E-state index >= 15 is 0 Å². The normalized spacial score (nSPS) is 21.2. The highest BCUT2D eigenvalue weighted by atomic mass is 28.4. The summed E-state index contributed by atoms with van der Waals surface area (Å²) in [6, 6.07) is 8.02. The Morgan fingerprint density at radius 1 is 1.16 bits per heavy atom. The third-order valence-electron chi connectivity index (χ3n) is 7.47. The average molecular weight is 529 g/mol. The minimum absolute atomic E-state index is 0.0701. The topological polar surface area (TPSA) is 61.8 Å². The summed E-state index contributed by atoms with van der Waals surface area (Å²) in [5.41, 5.74) is 1.07. The number of hydrogen-bond donors (Lipinski definition) is 0. The van der Waals surface area contributed by atoms with Crippen molar-refractivity contribution in [2.24, 2.45) is 11.8 Å². The maximum atomic E-state index is 12.8. The number of esters is 1. The summed E-state index contributed by atoms with van der Waals surface area (Å²) >= 11 is 0. The number of rotatable bonds is 12. The van der Waals surface area contributed by atoms with Gasteiger partial charge in [-0.3, -0.25) is 9.59 Å². The second-order valence-electron chi connectivity index (χ2n) is 12.0. The van der Waals surface area contributed by atoms with E-state index in [-0.39, 0.29) is 40.8 Å². The first kappa shape index (κ1) is 31.0. The summed E-state index contributed by atoms with van der Waals surface area (Å²) in [7, 11) is -0.381. The Balaban J connectivity index is 2.17. The molecular formula is C31H48O5Si. The Labute approximate surface area is 225 Å². The third kappa shape index (κ3) is 10.2. The molecule has 0 amide bonds. The van der Waals surface area contributed by atoms with Crippen LogP contribution in [0.15, 0.2) is 42.5 Å². The van der Waals surface area contributed by atoms with Crippen molar-refractivity contribution in [3.63, 3.8) is 0 Å². The van der Waals surface area contributed by atoms with Gasteiger partial charge in [-0.05, 0) is 74.9 Å². The summed E-state index contributed by atoms with van der Waals surface area (Å²) in [6.45, 7) is 15.0. The van der Waals surface area contributed by atoms with Crippen molar-refractivity contribution < 1.29 is 23.5 Å². The minimum Gasteiger partial charge on any atom is -0.497 e. The van der Waals surface area contributed by atoms with Crippen LogP contribution in [0.4, 0.5) is 0 Å². The van der Waals surface area contributed by atoms with Gasteiger partial charge in [-0.1, -0.05) is 57.2 Å². The Morgan fingerprint density at radius 3 is 2.54 bits per heavy atom. The molecule has 206 valence electrons. The molecule has 0 radical (unpaired) electrons. The lowest BCUT2D eigenvalue weighted by molar-refractivity contribution is -0.147. The first-order valence-corrected chi connectivity index (χ1v) is 16.6. The molecule has 0 saturated heterocycles. The molecule has 0 N–H and O–H groups in total. The highest BCUT2D eigenvalue weighted by Crippen LogP contribution is 2.42. The molecule has 1 aromatic carbocycles. The molecule has 0 unspecified atom stereocenters. The minimum atomic E-state index is -2.06. The molecular weight excluding hydrogens is 480 g/mol. The van der Waals surface area contributed by atoms with E-state index in [1.165, 1.54) is 0 Å². The van der Waals surface area contributed by atoms with E-state index in [1.807, 2.05) is 32.0 Å². The number of ketones is 1. The van der Waals surface area contributed by atoms with Gasteiger partial charge in [0, 0.05) is 25.2 Å². The number of ether oxygens (including phenoxy) is 2. The standard InChI is InChI=1S/C31H48O5Si/c1-23(2)35-30(33)17-12-10-9-11-15-25-21-26(32)22-29(36-37(7,8)31(3,4)5)28(25)19-18-24-14-13-16-27(20-24)34-6/h9,11,13-14,16,18-20,23,25,28-29H,10,12,15,17,21-22H2,1-8H3/b11-9-,19-18+/t25-,28+,29+/m0/s1. The van der Waals surface area contributed by atoms with E-state index in [1.54, 1.807) is 7.11 Å². The van der Waals surface area contributed by atoms with Crippen LogP contribution < -0.4 is 4.74 Å². The first-order chi connectivity index (χ1) is 17.3. The lowest BCUT2D eigenvalue weighted by Crippen LogP contribution is -2.49. The molecule has 1 aromatic rings. The smallest absolute Gasteiger partial charge is 0.306 e. The molecule has 0 spiro atoms. The summed E-state index contributed by atoms with van der Waals surface area (Å²) in [6.07, 6.45) is 12.4. The van der Waals surface area contributed by atoms with Gasteiger partial charge in [0.2, 0.25) is 0 Å². The van der Waals surface area contributed by atoms with E-state index < -0.39 is 8.32 Å². The molecule has 0 aromatic heterocycles. The van der Waals surface area contributed by atoms with Gasteiger partial charge in [0.05, 0.1) is 19.3 Å². The second-order valence-corrected chi connectivity index (χ2v) is 16.7. The van der Waals surface area contributed by atoms with Crippen molar-refractivity contribution in [3.8, 4) is 5.75 Å². The van der Waals surface area contributed by atoms with E-state index in [9.17, 15) is 9.59 Å². The number of unbranched alkanes of at least 4 members (excludes halogenated alkanes) is 1. The molecule has 0 aliphatic heterocycles. The van der Waals surface area contributed by atoms with Crippen LogP contribution in [-0.2, 0) is 18.8 Å². The summed E-state index contributed by atoms with van der Waals surface area (Å²) in [5, 5.41) is 0.0701. The van der Waals surface area contributed by atoms with Crippen molar-refractivity contribution in [1.29, 1.82) is 0 Å². The number of hydrogen-bond acceptors (Lipinski definition) is 5. The number of Topliss-reactive ketones (excluding diaryl/α,β-unsaturated/α-hetero) is 1. The fourth-order valence-electron chi connectivity index (χ4n) is 4.42. The SMILES string of the molecule is COc1cccc(/C=C/[C@@H]2[C@@H](C/C=C\CCCC(=O)OC(C)C)CC(=O)C[C@H]2O[Si](C)(C)C(C)(C)C)c1. The number of benzene rings is 1. The van der Waals surface area contributed by atoms with Gasteiger partial charge in [-0.15, -0.1) is 0 Å². The molecule has 1 aliphatic carbocycles. The van der Waals surface area contributed by atoms with Crippen LogP contribution in [0.3, 0.4) is 0 Å². The van der Waals surface area contributed by atoms with E-state index in [2.05, 4.69) is 64.2 Å². The van der Waals surface area contributed by atoms with Gasteiger partial charge in [0.25, 0.3) is 0 Å². The van der Waals surface area contributed by atoms with Crippen LogP contribution in [0.5, 0.6) is 5.75 Å². The largest absolute Gasteiger partial charge is 0.497 e. The Bertz CT molecular complexity index is 941. The van der Waals surface area contributed by atoms with Crippen molar-refractivity contribution in [1.82, 2.24) is 0 Å². The van der Waals surface area contributed by atoms with Crippen LogP contribution in [0.1, 0.15) is 78.7 Å². The summed E-state index contributed by atoms with van der Waals surface area (Å²) in [4.78, 5) is 24.6. The third-order valence-corrected chi connectivity index (χ3v) is 12.0. The predicted octanol–water partition coefficient (Wildman–Crippen LogP) is 7.76. The molecule has 6 heteroatoms. The predicted molar refractivity (Wildman–Crippen MR) is 154 cm³/mol. The van der Waals surface area contributed by atoms with Gasteiger partial charge in [0.1, 0.15) is 11.5 Å². The van der Waals surface area contributed by atoms with Gasteiger partial charge in [-0.2, -0.15) is 0 Å². The highest BCUT2D eigenvalue weighted by Gasteiger charge is 2.44. The highest BCUT2D eigenvalue weighted by molar-refractivity contribution is 6.74. The first-order valence-electron chi connectivity index (χ1n) is 13.7. The Morgan fingerprint density at radius 2 is 1.89 bits per heavy atom. The average Bonchev–Trinajstić information content (AvgIpc) is 2.79. The molecule has 5 nitrogen and oxygen atoms in total. The summed E-state index contributed by atoms with van der Waals surface area (Å²) < 4.78 is 17.5. The van der Waals surface area contributed by atoms with Crippen LogP contribution in [0, 0.1) is 11.8 Å². The van der Waals surface area contributed by atoms with Crippen LogP contribution in [0.2, 0.25) is 18.1 Å². The van der Waals surface area contributed by atoms with E-state index in [0.29, 0.717) is 19.3 Å². The quantitative estimate of drug-likeness (QED) is 0.120. The molecule has 0 heterocycles. The fourth-order valence-corrected chi connectivity index (χ4v) is 5.77. The number of carbonyl (C=O) groups excluding carboxylic acids is 2. The molecule has 1 fully saturated rings. The number of allylic oxidation sites excluding steroid dienone is 2. The zero-order chi connectivity index (χ0) is 27.6. The van der Waals surface area contributed by atoms with Gasteiger partial charge >= 0.3 is 5.97 Å². The van der Waals surface area contributed by atoms with Gasteiger partial charge < -0.3 is 13.9 Å². The maximum Gasteiger partial charge on any atom is 0.306 e.